The molecule has 2 saturated heterocycles. The van der Waals surface area contributed by atoms with Gasteiger partial charge in [0.25, 0.3) is 0 Å². The van der Waals surface area contributed by atoms with E-state index < -0.39 is 6.29 Å². The number of amides is 2. The largest absolute Gasteiger partial charge is 0.392 e. The molecule has 3 aromatic rings. The maximum Gasteiger partial charge on any atom is 0.315 e. The van der Waals surface area contributed by atoms with Crippen LogP contribution < -0.4 is 10.6 Å². The summed E-state index contributed by atoms with van der Waals surface area (Å²) in [5.41, 5.74) is 6.28. The zero-order valence-corrected chi connectivity index (χ0v) is 28.7. The van der Waals surface area contributed by atoms with Gasteiger partial charge in [-0.05, 0) is 90.2 Å². The van der Waals surface area contributed by atoms with Crippen LogP contribution in [0.2, 0.25) is 0 Å². The third-order valence-corrected chi connectivity index (χ3v) is 12.0. The second-order valence-electron chi connectivity index (χ2n) is 15.6. The van der Waals surface area contributed by atoms with E-state index in [9.17, 15) is 9.90 Å². The molecule has 8 nitrogen and oxygen atoms in total. The fourth-order valence-electron chi connectivity index (χ4n) is 9.79. The summed E-state index contributed by atoms with van der Waals surface area (Å²) in [5.74, 6) is 2.55. The van der Waals surface area contributed by atoms with Crippen LogP contribution in [0.5, 0.6) is 0 Å². The van der Waals surface area contributed by atoms with Crippen molar-refractivity contribution in [1.82, 2.24) is 15.5 Å². The highest BCUT2D eigenvalue weighted by atomic mass is 16.7. The van der Waals surface area contributed by atoms with Crippen molar-refractivity contribution >= 4 is 6.03 Å². The molecule has 0 aromatic heterocycles. The lowest BCUT2D eigenvalue weighted by Gasteiger charge is -2.56. The van der Waals surface area contributed by atoms with Gasteiger partial charge in [0.05, 0.1) is 32.0 Å². The Morgan fingerprint density at radius 2 is 1.51 bits per heavy atom. The van der Waals surface area contributed by atoms with E-state index in [4.69, 9.17) is 14.2 Å². The molecule has 8 heteroatoms. The number of morpholine rings is 1. The number of carbonyl (C=O) groups excluding carboxylic acids is 1. The lowest BCUT2D eigenvalue weighted by atomic mass is 9.53. The minimum absolute atomic E-state index is 0.0108. The van der Waals surface area contributed by atoms with Gasteiger partial charge in [-0.1, -0.05) is 73.7 Å². The first-order valence-corrected chi connectivity index (χ1v) is 18.5. The maximum absolute atomic E-state index is 13.1. The van der Waals surface area contributed by atoms with Crippen LogP contribution in [0.25, 0.3) is 11.1 Å². The van der Waals surface area contributed by atoms with E-state index in [-0.39, 0.29) is 36.3 Å². The molecule has 4 aliphatic carbocycles. The number of rotatable bonds is 9. The molecule has 6 aliphatic rings. The Labute approximate surface area is 290 Å². The fourth-order valence-corrected chi connectivity index (χ4v) is 9.79. The summed E-state index contributed by atoms with van der Waals surface area (Å²) in [5, 5.41) is 16.2. The van der Waals surface area contributed by atoms with Gasteiger partial charge in [0, 0.05) is 43.2 Å². The molecular weight excluding hydrogens is 614 g/mol. The Hall–Kier alpha value is -3.27. The lowest BCUT2D eigenvalue weighted by molar-refractivity contribution is -0.277. The first kappa shape index (κ1) is 32.9. The van der Waals surface area contributed by atoms with Crippen molar-refractivity contribution in [3.05, 3.63) is 95.1 Å². The summed E-state index contributed by atoms with van der Waals surface area (Å²) in [4.78, 5) is 15.5. The molecular formula is C41H51N3O5. The van der Waals surface area contributed by atoms with Crippen molar-refractivity contribution in [2.75, 3.05) is 32.8 Å². The van der Waals surface area contributed by atoms with E-state index in [1.165, 1.54) is 19.3 Å². The standard InChI is InChI=1S/C41H51N3O5/c1-27-37(25-44-13-15-47-16-14-44)48-39(49-38(27)34-7-5-28(26-45)6-8-34)35-11-9-33(10-12-35)36-4-2-3-29(20-36)24-42-40(46)43-41-21-30-17-31(22-41)19-32(18-30)23-41/h2-12,20,27,30-32,37-39,45H,13-19,21-26H2,1H3,(H2,42,43,46)/t27-,30?,31?,32?,37+,38+,39+,41?/m0/s1. The minimum Gasteiger partial charge on any atom is -0.392 e. The average molecular weight is 666 g/mol. The molecule has 3 aromatic carbocycles. The van der Waals surface area contributed by atoms with E-state index in [1.807, 2.05) is 12.1 Å². The molecule has 9 rings (SSSR count). The molecule has 260 valence electrons. The van der Waals surface area contributed by atoms with Crippen LogP contribution in [0.4, 0.5) is 4.79 Å². The van der Waals surface area contributed by atoms with Gasteiger partial charge in [0.2, 0.25) is 0 Å². The van der Waals surface area contributed by atoms with Crippen molar-refractivity contribution in [1.29, 1.82) is 0 Å². The van der Waals surface area contributed by atoms with Gasteiger partial charge in [-0.2, -0.15) is 0 Å². The highest BCUT2D eigenvalue weighted by Crippen LogP contribution is 2.55. The number of hydrogen-bond acceptors (Lipinski definition) is 6. The summed E-state index contributed by atoms with van der Waals surface area (Å²) < 4.78 is 19.0. The third-order valence-electron chi connectivity index (χ3n) is 12.0. The first-order chi connectivity index (χ1) is 23.9. The molecule has 2 aliphatic heterocycles. The molecule has 0 radical (unpaired) electrons. The van der Waals surface area contributed by atoms with Crippen LogP contribution in [0.15, 0.2) is 72.8 Å². The smallest absolute Gasteiger partial charge is 0.315 e. The van der Waals surface area contributed by atoms with Gasteiger partial charge in [0.1, 0.15) is 0 Å². The Kier molecular flexibility index (Phi) is 9.51. The maximum atomic E-state index is 13.1. The zero-order chi connectivity index (χ0) is 33.4. The predicted octanol–water partition coefficient (Wildman–Crippen LogP) is 6.74. The fraction of sp³-hybridized carbons (Fsp3) is 0.537. The van der Waals surface area contributed by atoms with Crippen LogP contribution in [0.1, 0.15) is 80.1 Å². The summed E-state index contributed by atoms with van der Waals surface area (Å²) in [6.45, 7) is 6.88. The number of nitrogens with zero attached hydrogens (tertiary/aromatic N) is 1. The summed E-state index contributed by atoms with van der Waals surface area (Å²) in [7, 11) is 0. The predicted molar refractivity (Wildman–Crippen MR) is 188 cm³/mol. The molecule has 2 amide bonds. The second-order valence-corrected chi connectivity index (χ2v) is 15.6. The Balaban J connectivity index is 0.932. The summed E-state index contributed by atoms with van der Waals surface area (Å²) in [6, 6.07) is 25.0. The van der Waals surface area contributed by atoms with Gasteiger partial charge < -0.3 is 30.0 Å². The van der Waals surface area contributed by atoms with Crippen LogP contribution >= 0.6 is 0 Å². The molecule has 3 N–H and O–H groups in total. The van der Waals surface area contributed by atoms with E-state index >= 15 is 0 Å². The highest BCUT2D eigenvalue weighted by molar-refractivity contribution is 5.75. The Bertz CT molecular complexity index is 1550. The van der Waals surface area contributed by atoms with Gasteiger partial charge >= 0.3 is 6.03 Å². The first-order valence-electron chi connectivity index (χ1n) is 18.5. The van der Waals surface area contributed by atoms with E-state index in [2.05, 4.69) is 83.1 Å². The topological polar surface area (TPSA) is 92.3 Å². The number of urea groups is 1. The minimum atomic E-state index is -0.498. The Morgan fingerprint density at radius 1 is 0.837 bits per heavy atom. The monoisotopic (exact) mass is 665 g/mol. The number of hydrogen-bond donors (Lipinski definition) is 3. The van der Waals surface area contributed by atoms with Crippen molar-refractivity contribution in [3.63, 3.8) is 0 Å². The lowest BCUT2D eigenvalue weighted by Crippen LogP contribution is -2.61. The molecule has 4 atom stereocenters. The van der Waals surface area contributed by atoms with E-state index in [0.29, 0.717) is 6.54 Å². The molecule has 0 spiro atoms. The molecule has 0 unspecified atom stereocenters. The third kappa shape index (κ3) is 7.31. The van der Waals surface area contributed by atoms with Crippen molar-refractivity contribution in [3.8, 4) is 11.1 Å². The van der Waals surface area contributed by atoms with Crippen molar-refractivity contribution in [2.24, 2.45) is 23.7 Å². The summed E-state index contributed by atoms with van der Waals surface area (Å²) >= 11 is 0. The Morgan fingerprint density at radius 3 is 2.18 bits per heavy atom. The van der Waals surface area contributed by atoms with Crippen LogP contribution in [-0.2, 0) is 27.4 Å². The van der Waals surface area contributed by atoms with Crippen LogP contribution in [0.3, 0.4) is 0 Å². The number of benzene rings is 3. The van der Waals surface area contributed by atoms with E-state index in [1.54, 1.807) is 0 Å². The SMILES string of the molecule is C[C@H]1[C@@H](CN2CCOCC2)O[C@@H](c2ccc(-c3cccc(CNC(=O)NC45CC6CC(CC(C6)C4)C5)c3)cc2)O[C@H]1c1ccc(CO)cc1. The number of nitrogens with one attached hydrogen (secondary N) is 2. The quantitative estimate of drug-likeness (QED) is 0.235. The summed E-state index contributed by atoms with van der Waals surface area (Å²) in [6.07, 6.45) is 6.92. The number of aliphatic hydroxyl groups is 1. The average Bonchev–Trinajstić information content (AvgIpc) is 3.11. The van der Waals surface area contributed by atoms with Crippen LogP contribution in [-0.4, -0.2) is 60.5 Å². The number of carbonyl (C=O) groups is 1. The van der Waals surface area contributed by atoms with E-state index in [0.717, 1.165) is 103 Å². The number of aliphatic hydroxyl groups excluding tert-OH is 1. The zero-order valence-electron chi connectivity index (χ0n) is 28.7. The molecule has 2 heterocycles. The highest BCUT2D eigenvalue weighted by Gasteiger charge is 2.51. The van der Waals surface area contributed by atoms with Crippen molar-refractivity contribution in [2.45, 2.75) is 82.6 Å². The molecule has 4 saturated carbocycles. The van der Waals surface area contributed by atoms with Gasteiger partial charge in [-0.3, -0.25) is 4.90 Å². The van der Waals surface area contributed by atoms with Gasteiger partial charge in [-0.25, -0.2) is 4.79 Å². The van der Waals surface area contributed by atoms with Gasteiger partial charge in [-0.15, -0.1) is 0 Å². The molecule has 49 heavy (non-hydrogen) atoms. The van der Waals surface area contributed by atoms with Crippen LogP contribution in [0, 0.1) is 23.7 Å². The number of ether oxygens (including phenoxy) is 3. The van der Waals surface area contributed by atoms with Crippen molar-refractivity contribution < 1.29 is 24.1 Å². The molecule has 6 fully saturated rings. The normalized spacial score (nSPS) is 32.6. The van der Waals surface area contributed by atoms with Gasteiger partial charge in [0.15, 0.2) is 6.29 Å². The molecule has 4 bridgehead atoms. The second kappa shape index (κ2) is 14.2.